The zero-order valence-electron chi connectivity index (χ0n) is 32.1. The van der Waals surface area contributed by atoms with Gasteiger partial charge in [0, 0.05) is 33.6 Å². The summed E-state index contributed by atoms with van der Waals surface area (Å²) in [7, 11) is 3.13. The molecule has 0 spiro atoms. The number of thioether (sulfide) groups is 1. The molecule has 3 amide bonds. The fourth-order valence-corrected chi connectivity index (χ4v) is 7.30. The minimum Gasteiger partial charge on any atom is -0.460 e. The number of carbonyl (C=O) groups is 4. The molecule has 0 radical (unpaired) electrons. The van der Waals surface area contributed by atoms with Crippen molar-refractivity contribution in [3.8, 4) is 0 Å². The van der Waals surface area contributed by atoms with Crippen molar-refractivity contribution in [2.24, 2.45) is 0 Å². The van der Waals surface area contributed by atoms with Crippen molar-refractivity contribution in [3.05, 3.63) is 108 Å². The standard InChI is InChI=1S/C42H57N3O6S/c1-40(2,3)50-37(47)31-35(38(48)43-28-29-44(7)39(49)51-41(4,5)6)45(8)36(46)27-19-12-20-30-52-42(32-21-13-9-14-22-32,33-23-15-10-16-24-33)34-25-17-11-18-26-34/h9-11,13-18,21-26,35H,12,19-20,27-31H2,1-8H3,(H,43,48)/t35-/m0/s1. The molecule has 0 aromatic heterocycles. The smallest absolute Gasteiger partial charge is 0.410 e. The van der Waals surface area contributed by atoms with Crippen LogP contribution in [0.1, 0.15) is 90.3 Å². The Morgan fingerprint density at radius 1 is 0.692 bits per heavy atom. The third-order valence-electron chi connectivity index (χ3n) is 8.29. The van der Waals surface area contributed by atoms with E-state index in [-0.39, 0.29) is 31.8 Å². The molecule has 3 rings (SSSR count). The molecule has 1 N–H and O–H groups in total. The molecule has 9 nitrogen and oxygen atoms in total. The highest BCUT2D eigenvalue weighted by Gasteiger charge is 2.37. The third kappa shape index (κ3) is 13.0. The fraction of sp³-hybridized carbons (Fsp3) is 0.476. The van der Waals surface area contributed by atoms with Gasteiger partial charge in [0.2, 0.25) is 11.8 Å². The van der Waals surface area contributed by atoms with Crippen molar-refractivity contribution in [2.45, 2.75) is 95.6 Å². The molecule has 3 aromatic rings. The summed E-state index contributed by atoms with van der Waals surface area (Å²) in [6, 6.07) is 30.6. The summed E-state index contributed by atoms with van der Waals surface area (Å²) in [6.45, 7) is 10.9. The number of hydrogen-bond acceptors (Lipinski definition) is 7. The number of benzene rings is 3. The van der Waals surface area contributed by atoms with Crippen molar-refractivity contribution in [1.82, 2.24) is 15.1 Å². The number of hydrogen-bond donors (Lipinski definition) is 1. The maximum absolute atomic E-state index is 13.4. The van der Waals surface area contributed by atoms with E-state index in [0.717, 1.165) is 18.6 Å². The SMILES string of the molecule is CN(CCNC(=O)[C@H](CC(=O)OC(C)(C)C)N(C)C(=O)CCCCCSC(c1ccccc1)(c1ccccc1)c1ccccc1)C(=O)OC(C)(C)C. The van der Waals surface area contributed by atoms with E-state index < -0.39 is 40.0 Å². The molecular formula is C42H57N3O6S. The highest BCUT2D eigenvalue weighted by Crippen LogP contribution is 2.48. The van der Waals surface area contributed by atoms with Crippen molar-refractivity contribution < 1.29 is 28.7 Å². The third-order valence-corrected chi connectivity index (χ3v) is 9.92. The van der Waals surface area contributed by atoms with Gasteiger partial charge in [0.15, 0.2) is 0 Å². The zero-order valence-corrected chi connectivity index (χ0v) is 33.0. The van der Waals surface area contributed by atoms with Gasteiger partial charge in [0.1, 0.15) is 17.2 Å². The quantitative estimate of drug-likeness (QED) is 0.0858. The number of rotatable bonds is 17. The summed E-state index contributed by atoms with van der Waals surface area (Å²) in [5.41, 5.74) is 2.24. The van der Waals surface area contributed by atoms with Crippen LogP contribution in [0.5, 0.6) is 0 Å². The first-order chi connectivity index (χ1) is 24.5. The van der Waals surface area contributed by atoms with E-state index in [1.54, 1.807) is 55.6 Å². The first kappa shape index (κ1) is 42.1. The summed E-state index contributed by atoms with van der Waals surface area (Å²) < 4.78 is 10.5. The van der Waals surface area contributed by atoms with Crippen molar-refractivity contribution >= 4 is 35.6 Å². The molecule has 10 heteroatoms. The van der Waals surface area contributed by atoms with E-state index in [2.05, 4.69) is 78.1 Å². The molecule has 0 heterocycles. The lowest BCUT2D eigenvalue weighted by molar-refractivity contribution is -0.158. The number of nitrogens with zero attached hydrogens (tertiary/aromatic N) is 2. The van der Waals surface area contributed by atoms with Crippen LogP contribution in [0.4, 0.5) is 4.79 Å². The number of carbonyl (C=O) groups excluding carboxylic acids is 4. The second-order valence-corrected chi connectivity index (χ2v) is 16.3. The van der Waals surface area contributed by atoms with Crippen LogP contribution < -0.4 is 5.32 Å². The average Bonchev–Trinajstić information content (AvgIpc) is 3.09. The number of esters is 1. The molecule has 1 atom stereocenters. The first-order valence-corrected chi connectivity index (χ1v) is 19.0. The maximum Gasteiger partial charge on any atom is 0.410 e. The lowest BCUT2D eigenvalue weighted by Gasteiger charge is -2.35. The number of unbranched alkanes of at least 4 members (excludes halogenated alkanes) is 2. The van der Waals surface area contributed by atoms with Gasteiger partial charge >= 0.3 is 12.1 Å². The van der Waals surface area contributed by atoms with Crippen LogP contribution in [0, 0.1) is 0 Å². The van der Waals surface area contributed by atoms with Gasteiger partial charge in [-0.15, -0.1) is 11.8 Å². The van der Waals surface area contributed by atoms with Gasteiger partial charge in [-0.2, -0.15) is 0 Å². The Labute approximate surface area is 314 Å². The highest BCUT2D eigenvalue weighted by molar-refractivity contribution is 8.00. The zero-order chi connectivity index (χ0) is 38.4. The van der Waals surface area contributed by atoms with Gasteiger partial charge in [0.25, 0.3) is 0 Å². The molecule has 0 saturated heterocycles. The minimum atomic E-state index is -1.06. The van der Waals surface area contributed by atoms with E-state index in [1.807, 2.05) is 30.0 Å². The Morgan fingerprint density at radius 2 is 1.17 bits per heavy atom. The lowest BCUT2D eigenvalue weighted by Crippen LogP contribution is -2.50. The number of likely N-dealkylation sites (N-methyl/N-ethyl adjacent to an activating group) is 2. The molecule has 0 saturated carbocycles. The van der Waals surface area contributed by atoms with Gasteiger partial charge in [-0.1, -0.05) is 97.4 Å². The minimum absolute atomic E-state index is 0.121. The van der Waals surface area contributed by atoms with Gasteiger partial charge in [0.05, 0.1) is 11.2 Å². The second-order valence-electron chi connectivity index (χ2n) is 14.9. The Kier molecular flexibility index (Phi) is 15.8. The average molecular weight is 732 g/mol. The van der Waals surface area contributed by atoms with E-state index >= 15 is 0 Å². The Balaban J connectivity index is 1.63. The molecule has 0 unspecified atom stereocenters. The van der Waals surface area contributed by atoms with E-state index in [1.165, 1.54) is 26.5 Å². The molecule has 0 aliphatic rings. The molecule has 0 aliphatic heterocycles. The topological polar surface area (TPSA) is 105 Å². The Bertz CT molecular complexity index is 1480. The molecule has 0 bridgehead atoms. The van der Waals surface area contributed by atoms with Crippen LogP contribution in [0.3, 0.4) is 0 Å². The van der Waals surface area contributed by atoms with Crippen molar-refractivity contribution in [1.29, 1.82) is 0 Å². The predicted molar refractivity (Wildman–Crippen MR) is 209 cm³/mol. The second kappa shape index (κ2) is 19.5. The first-order valence-electron chi connectivity index (χ1n) is 18.0. The van der Waals surface area contributed by atoms with Crippen LogP contribution in [0.2, 0.25) is 0 Å². The Hall–Kier alpha value is -4.31. The van der Waals surface area contributed by atoms with Crippen LogP contribution >= 0.6 is 11.8 Å². The highest BCUT2D eigenvalue weighted by atomic mass is 32.2. The number of amides is 3. The monoisotopic (exact) mass is 731 g/mol. The van der Waals surface area contributed by atoms with Crippen LogP contribution in [-0.2, 0) is 28.6 Å². The van der Waals surface area contributed by atoms with Gasteiger partial charge in [-0.05, 0) is 76.8 Å². The summed E-state index contributed by atoms with van der Waals surface area (Å²) in [5.74, 6) is -0.428. The molecule has 0 aliphatic carbocycles. The van der Waals surface area contributed by atoms with Crippen LogP contribution in [-0.4, -0.2) is 83.9 Å². The summed E-state index contributed by atoms with van der Waals surface area (Å²) in [4.78, 5) is 54.7. The lowest BCUT2D eigenvalue weighted by atomic mass is 9.84. The van der Waals surface area contributed by atoms with Gasteiger partial charge in [-0.25, -0.2) is 4.79 Å². The van der Waals surface area contributed by atoms with Crippen LogP contribution in [0.15, 0.2) is 91.0 Å². The van der Waals surface area contributed by atoms with Gasteiger partial charge < -0.3 is 24.6 Å². The van der Waals surface area contributed by atoms with E-state index in [9.17, 15) is 19.2 Å². The molecule has 282 valence electrons. The number of ether oxygens (including phenoxy) is 2. The fourth-order valence-electron chi connectivity index (χ4n) is 5.74. The Morgan fingerprint density at radius 3 is 1.63 bits per heavy atom. The molecule has 3 aromatic carbocycles. The van der Waals surface area contributed by atoms with Gasteiger partial charge in [-0.3, -0.25) is 14.4 Å². The molecule has 52 heavy (non-hydrogen) atoms. The summed E-state index contributed by atoms with van der Waals surface area (Å²) >= 11 is 1.90. The largest absolute Gasteiger partial charge is 0.460 e. The number of nitrogens with one attached hydrogen (secondary N) is 1. The van der Waals surface area contributed by atoms with E-state index in [0.29, 0.717) is 6.42 Å². The van der Waals surface area contributed by atoms with Crippen molar-refractivity contribution in [2.75, 3.05) is 32.9 Å². The summed E-state index contributed by atoms with van der Waals surface area (Å²) in [5, 5.41) is 2.78. The normalized spacial score (nSPS) is 12.4. The predicted octanol–water partition coefficient (Wildman–Crippen LogP) is 7.81. The van der Waals surface area contributed by atoms with E-state index in [4.69, 9.17) is 9.47 Å². The molecule has 0 fully saturated rings. The maximum atomic E-state index is 13.4. The molecular weight excluding hydrogens is 675 g/mol. The summed E-state index contributed by atoms with van der Waals surface area (Å²) in [6.07, 6.45) is 1.79. The van der Waals surface area contributed by atoms with Crippen molar-refractivity contribution in [3.63, 3.8) is 0 Å². The van der Waals surface area contributed by atoms with Crippen LogP contribution in [0.25, 0.3) is 0 Å².